The molecule has 0 saturated carbocycles. The van der Waals surface area contributed by atoms with E-state index in [-0.39, 0.29) is 24.1 Å². The van der Waals surface area contributed by atoms with Gasteiger partial charge in [0.15, 0.2) is 6.10 Å². The highest BCUT2D eigenvalue weighted by atomic mass is 35.5. The van der Waals surface area contributed by atoms with Crippen LogP contribution in [0.15, 0.2) is 77.7 Å². The molecule has 0 saturated heterocycles. The van der Waals surface area contributed by atoms with Crippen LogP contribution in [0.1, 0.15) is 73.8 Å². The Bertz CT molecular complexity index is 1760. The van der Waals surface area contributed by atoms with Gasteiger partial charge in [0.1, 0.15) is 11.5 Å². The topological polar surface area (TPSA) is 79.3 Å². The van der Waals surface area contributed by atoms with Gasteiger partial charge in [0.2, 0.25) is 0 Å². The average Bonchev–Trinajstić information content (AvgIpc) is 3.13. The van der Waals surface area contributed by atoms with E-state index in [1.54, 1.807) is 35.9 Å². The highest BCUT2D eigenvalue weighted by molar-refractivity contribution is 8.00. The SMILES string of the molecule is COc1ccc([C@@H]2Sc3c(ccc4ccccc34)N(CCN(C)C)C(=O)[C@@H]2OC(=O)c2cc(C(C)(C)C)c(O)c(C(C)(C)C)c2)cc1.Cl. The van der Waals surface area contributed by atoms with E-state index in [2.05, 4.69) is 12.1 Å². The number of carbonyl (C=O) groups excluding carboxylic acids is 2. The van der Waals surface area contributed by atoms with Crippen LogP contribution in [0.4, 0.5) is 5.69 Å². The summed E-state index contributed by atoms with van der Waals surface area (Å²) in [4.78, 5) is 33.8. The number of ether oxygens (including phenoxy) is 2. The molecular weight excluding hydrogens is 644 g/mol. The molecule has 1 N–H and O–H groups in total. The van der Waals surface area contributed by atoms with Gasteiger partial charge in [-0.15, -0.1) is 24.2 Å². The second-order valence-electron chi connectivity index (χ2n) is 14.5. The first-order chi connectivity index (χ1) is 22.1. The molecule has 4 aromatic rings. The standard InChI is InChI=1S/C39H46N2O5S.ClH/c1-38(2,3)29-22-26(23-30(32(29)42)39(4,5)6)37(44)46-33-34(25-14-17-27(45-9)18-15-25)47-35-28-13-11-10-12-24(28)16-19-31(35)41(36(33)43)21-20-40(7)8;/h10-19,22-23,33-34,42H,20-21H2,1-9H3;1H/t33-,34+;/m1./s1. The number of anilines is 1. The Morgan fingerprint density at radius 1 is 0.917 bits per heavy atom. The molecule has 4 aromatic carbocycles. The number of halogens is 1. The summed E-state index contributed by atoms with van der Waals surface area (Å²) in [5.74, 6) is -0.0228. The van der Waals surface area contributed by atoms with E-state index < -0.39 is 28.2 Å². The van der Waals surface area contributed by atoms with Crippen molar-refractivity contribution in [3.63, 3.8) is 0 Å². The monoisotopic (exact) mass is 690 g/mol. The second kappa shape index (κ2) is 14.4. The van der Waals surface area contributed by atoms with Crippen molar-refractivity contribution in [2.45, 2.75) is 68.6 Å². The lowest BCUT2D eigenvalue weighted by molar-refractivity contribution is -0.127. The number of phenols is 1. The highest BCUT2D eigenvalue weighted by Crippen LogP contribution is 2.50. The van der Waals surface area contributed by atoms with Crippen molar-refractivity contribution in [3.05, 3.63) is 95.1 Å². The van der Waals surface area contributed by atoms with E-state index in [4.69, 9.17) is 9.47 Å². The van der Waals surface area contributed by atoms with Crippen LogP contribution in [-0.4, -0.2) is 62.3 Å². The van der Waals surface area contributed by atoms with E-state index in [1.807, 2.05) is 109 Å². The van der Waals surface area contributed by atoms with Gasteiger partial charge in [0, 0.05) is 29.1 Å². The maximum atomic E-state index is 14.8. The molecule has 1 amide bonds. The summed E-state index contributed by atoms with van der Waals surface area (Å²) in [7, 11) is 5.56. The van der Waals surface area contributed by atoms with Crippen molar-refractivity contribution < 1.29 is 24.2 Å². The number of likely N-dealkylation sites (N-methyl/N-ethyl adjacent to an activating group) is 1. The van der Waals surface area contributed by atoms with Gasteiger partial charge in [-0.3, -0.25) is 4.79 Å². The van der Waals surface area contributed by atoms with Gasteiger partial charge in [-0.25, -0.2) is 4.79 Å². The fraction of sp³-hybridized carbons (Fsp3) is 0.385. The zero-order chi connectivity index (χ0) is 34.3. The fourth-order valence-electron chi connectivity index (χ4n) is 5.92. The first-order valence-corrected chi connectivity index (χ1v) is 16.9. The van der Waals surface area contributed by atoms with Crippen LogP contribution in [-0.2, 0) is 20.4 Å². The van der Waals surface area contributed by atoms with Crippen LogP contribution in [0.2, 0.25) is 0 Å². The van der Waals surface area contributed by atoms with E-state index in [9.17, 15) is 14.7 Å². The van der Waals surface area contributed by atoms with Crippen LogP contribution in [0, 0.1) is 0 Å². The molecule has 0 aromatic heterocycles. The number of aromatic hydroxyl groups is 1. The maximum absolute atomic E-state index is 14.8. The molecule has 2 atom stereocenters. The van der Waals surface area contributed by atoms with E-state index in [1.165, 1.54) is 0 Å². The average molecular weight is 691 g/mol. The van der Waals surface area contributed by atoms with Crippen LogP contribution >= 0.6 is 24.2 Å². The molecule has 48 heavy (non-hydrogen) atoms. The zero-order valence-corrected chi connectivity index (χ0v) is 30.9. The predicted molar refractivity (Wildman–Crippen MR) is 198 cm³/mol. The Morgan fingerprint density at radius 2 is 1.52 bits per heavy atom. The Kier molecular flexibility index (Phi) is 11.1. The second-order valence-corrected chi connectivity index (χ2v) is 15.6. The molecular formula is C39H47ClN2O5S. The van der Waals surface area contributed by atoms with Gasteiger partial charge >= 0.3 is 5.97 Å². The molecule has 5 rings (SSSR count). The van der Waals surface area contributed by atoms with Crippen LogP contribution in [0.3, 0.4) is 0 Å². The summed E-state index contributed by atoms with van der Waals surface area (Å²) in [5.41, 5.74) is 2.36. The summed E-state index contributed by atoms with van der Waals surface area (Å²) in [6, 6.07) is 23.2. The molecule has 1 aliphatic heterocycles. The number of thioether (sulfide) groups is 1. The quantitative estimate of drug-likeness (QED) is 0.195. The Morgan fingerprint density at radius 3 is 2.08 bits per heavy atom. The van der Waals surface area contributed by atoms with Gasteiger partial charge in [0.25, 0.3) is 5.91 Å². The molecule has 0 unspecified atom stereocenters. The fourth-order valence-corrected chi connectivity index (χ4v) is 7.37. The largest absolute Gasteiger partial charge is 0.507 e. The Hall–Kier alpha value is -3.72. The number of carbonyl (C=O) groups is 2. The summed E-state index contributed by atoms with van der Waals surface area (Å²) in [6.45, 7) is 13.0. The number of fused-ring (bicyclic) bond motifs is 3. The summed E-state index contributed by atoms with van der Waals surface area (Å²) >= 11 is 1.54. The predicted octanol–water partition coefficient (Wildman–Crippen LogP) is 8.54. The minimum Gasteiger partial charge on any atom is -0.507 e. The van der Waals surface area contributed by atoms with Gasteiger partial charge in [-0.05, 0) is 71.6 Å². The van der Waals surface area contributed by atoms with Crippen molar-refractivity contribution in [1.29, 1.82) is 0 Å². The van der Waals surface area contributed by atoms with Gasteiger partial charge < -0.3 is 24.4 Å². The molecule has 1 aliphatic rings. The number of hydrogen-bond acceptors (Lipinski definition) is 7. The lowest BCUT2D eigenvalue weighted by Gasteiger charge is -2.30. The molecule has 0 fully saturated rings. The number of nitrogens with zero attached hydrogens (tertiary/aromatic N) is 2. The summed E-state index contributed by atoms with van der Waals surface area (Å²) in [5, 5.41) is 12.8. The summed E-state index contributed by atoms with van der Waals surface area (Å²) < 4.78 is 11.8. The van der Waals surface area contributed by atoms with E-state index in [0.717, 1.165) is 26.9 Å². The highest BCUT2D eigenvalue weighted by Gasteiger charge is 2.42. The zero-order valence-electron chi connectivity index (χ0n) is 29.3. The third kappa shape index (κ3) is 7.61. The van der Waals surface area contributed by atoms with Crippen LogP contribution < -0.4 is 9.64 Å². The molecule has 0 bridgehead atoms. The van der Waals surface area contributed by atoms with Crippen molar-refractivity contribution >= 4 is 52.5 Å². The van der Waals surface area contributed by atoms with Crippen LogP contribution in [0.5, 0.6) is 11.5 Å². The molecule has 7 nitrogen and oxygen atoms in total. The van der Waals surface area contributed by atoms with Gasteiger partial charge in [-0.2, -0.15) is 0 Å². The molecule has 0 aliphatic carbocycles. The summed E-state index contributed by atoms with van der Waals surface area (Å²) in [6.07, 6.45) is -1.14. The van der Waals surface area contributed by atoms with Gasteiger partial charge in [-0.1, -0.05) is 84.0 Å². The molecule has 256 valence electrons. The lowest BCUT2D eigenvalue weighted by Crippen LogP contribution is -2.45. The minimum atomic E-state index is -1.14. The van der Waals surface area contributed by atoms with Crippen LogP contribution in [0.25, 0.3) is 10.8 Å². The molecule has 1 heterocycles. The third-order valence-corrected chi connectivity index (χ3v) is 10.0. The molecule has 9 heteroatoms. The minimum absolute atomic E-state index is 0. The first kappa shape index (κ1) is 37.1. The molecule has 0 radical (unpaired) electrons. The lowest BCUT2D eigenvalue weighted by atomic mass is 9.78. The maximum Gasteiger partial charge on any atom is 0.338 e. The van der Waals surface area contributed by atoms with Gasteiger partial charge in [0.05, 0.1) is 23.6 Å². The number of methoxy groups -OCH3 is 1. The van der Waals surface area contributed by atoms with Crippen molar-refractivity contribution in [2.75, 3.05) is 39.2 Å². The smallest absolute Gasteiger partial charge is 0.338 e. The number of esters is 1. The Labute approximate surface area is 295 Å². The van der Waals surface area contributed by atoms with Crippen molar-refractivity contribution in [2.24, 2.45) is 0 Å². The molecule has 0 spiro atoms. The number of benzene rings is 4. The van der Waals surface area contributed by atoms with E-state index in [0.29, 0.717) is 35.5 Å². The normalized spacial score (nSPS) is 16.7. The number of amides is 1. The van der Waals surface area contributed by atoms with Crippen molar-refractivity contribution in [3.8, 4) is 11.5 Å². The third-order valence-electron chi connectivity index (χ3n) is 8.59. The van der Waals surface area contributed by atoms with E-state index >= 15 is 0 Å². The Balaban J connectivity index is 0.00000520. The number of rotatable bonds is 7. The number of hydrogen-bond donors (Lipinski definition) is 1. The number of phenolic OH excluding ortho intramolecular Hbond substituents is 1. The van der Waals surface area contributed by atoms with Crippen molar-refractivity contribution in [1.82, 2.24) is 4.90 Å². The first-order valence-electron chi connectivity index (χ1n) is 16.0.